The number of amides is 1. The minimum absolute atomic E-state index is 0.0228. The number of methoxy groups -OCH3 is 1. The standard InChI is InChI=1S/C22H21F2N3O4/c1-13-19(25-20(28)17-10-6-7-11-18(17)31-22(23)24)14(2)27(26-13)12-15-8-4-5-9-16(15)21(29)30-3/h4-11,22H,12H2,1-3H3,(H,25,28). The summed E-state index contributed by atoms with van der Waals surface area (Å²) in [5.74, 6) is -1.28. The molecule has 0 atom stereocenters. The highest BCUT2D eigenvalue weighted by Gasteiger charge is 2.20. The van der Waals surface area contributed by atoms with E-state index in [2.05, 4.69) is 15.2 Å². The molecule has 31 heavy (non-hydrogen) atoms. The Morgan fingerprint density at radius 1 is 1.06 bits per heavy atom. The maximum atomic E-state index is 12.7. The first kappa shape index (κ1) is 21.9. The van der Waals surface area contributed by atoms with Gasteiger partial charge in [0.15, 0.2) is 0 Å². The van der Waals surface area contributed by atoms with Gasteiger partial charge in [0.05, 0.1) is 41.9 Å². The van der Waals surface area contributed by atoms with Gasteiger partial charge in [0.1, 0.15) is 5.75 Å². The maximum Gasteiger partial charge on any atom is 0.387 e. The number of carbonyl (C=O) groups excluding carboxylic acids is 2. The van der Waals surface area contributed by atoms with Crippen molar-refractivity contribution in [1.29, 1.82) is 0 Å². The number of aryl methyl sites for hydroxylation is 1. The number of hydrogen-bond acceptors (Lipinski definition) is 5. The lowest BCUT2D eigenvalue weighted by Crippen LogP contribution is -2.16. The highest BCUT2D eigenvalue weighted by atomic mass is 19.3. The van der Waals surface area contributed by atoms with Crippen molar-refractivity contribution in [2.45, 2.75) is 27.0 Å². The van der Waals surface area contributed by atoms with Crippen LogP contribution in [0.15, 0.2) is 48.5 Å². The average Bonchev–Trinajstić information content (AvgIpc) is 3.00. The molecule has 162 valence electrons. The molecule has 0 radical (unpaired) electrons. The maximum absolute atomic E-state index is 12.7. The third-order valence-electron chi connectivity index (χ3n) is 4.71. The second-order valence-corrected chi connectivity index (χ2v) is 6.68. The van der Waals surface area contributed by atoms with E-state index in [1.807, 2.05) is 0 Å². The van der Waals surface area contributed by atoms with E-state index in [4.69, 9.17) is 4.74 Å². The number of para-hydroxylation sites is 1. The summed E-state index contributed by atoms with van der Waals surface area (Å²) in [5.41, 5.74) is 2.72. The molecular weight excluding hydrogens is 408 g/mol. The van der Waals surface area contributed by atoms with Gasteiger partial charge in [-0.1, -0.05) is 30.3 Å². The molecule has 0 spiro atoms. The van der Waals surface area contributed by atoms with E-state index in [0.29, 0.717) is 28.2 Å². The third-order valence-corrected chi connectivity index (χ3v) is 4.71. The van der Waals surface area contributed by atoms with Crippen molar-refractivity contribution < 1.29 is 27.8 Å². The van der Waals surface area contributed by atoms with Crippen molar-refractivity contribution in [2.24, 2.45) is 0 Å². The summed E-state index contributed by atoms with van der Waals surface area (Å²) in [5, 5.41) is 7.17. The van der Waals surface area contributed by atoms with Crippen LogP contribution in [0.4, 0.5) is 14.5 Å². The lowest BCUT2D eigenvalue weighted by atomic mass is 10.1. The Hall–Kier alpha value is -3.75. The van der Waals surface area contributed by atoms with Gasteiger partial charge < -0.3 is 14.8 Å². The molecule has 9 heteroatoms. The van der Waals surface area contributed by atoms with Crippen LogP contribution in [0, 0.1) is 13.8 Å². The smallest absolute Gasteiger partial charge is 0.387 e. The van der Waals surface area contributed by atoms with E-state index in [1.54, 1.807) is 48.9 Å². The molecule has 1 heterocycles. The average molecular weight is 429 g/mol. The largest absolute Gasteiger partial charge is 0.465 e. The SMILES string of the molecule is COC(=O)c1ccccc1Cn1nc(C)c(NC(=O)c2ccccc2OC(F)F)c1C. The summed E-state index contributed by atoms with van der Waals surface area (Å²) in [7, 11) is 1.31. The lowest BCUT2D eigenvalue weighted by Gasteiger charge is -2.12. The number of ether oxygens (including phenoxy) is 2. The zero-order valence-corrected chi connectivity index (χ0v) is 17.2. The van der Waals surface area contributed by atoms with Gasteiger partial charge in [0.2, 0.25) is 0 Å². The molecule has 0 unspecified atom stereocenters. The van der Waals surface area contributed by atoms with E-state index in [9.17, 15) is 18.4 Å². The summed E-state index contributed by atoms with van der Waals surface area (Å²) < 4.78 is 36.2. The molecule has 2 aromatic carbocycles. The first-order valence-electron chi connectivity index (χ1n) is 9.37. The van der Waals surface area contributed by atoms with Gasteiger partial charge >= 0.3 is 12.6 Å². The van der Waals surface area contributed by atoms with E-state index < -0.39 is 18.5 Å². The minimum Gasteiger partial charge on any atom is -0.465 e. The molecule has 0 bridgehead atoms. The number of benzene rings is 2. The number of aromatic nitrogens is 2. The van der Waals surface area contributed by atoms with Gasteiger partial charge in [0, 0.05) is 0 Å². The van der Waals surface area contributed by atoms with Crippen LogP contribution in [0.2, 0.25) is 0 Å². The van der Waals surface area contributed by atoms with Crippen LogP contribution >= 0.6 is 0 Å². The molecule has 0 fully saturated rings. The molecule has 0 aliphatic rings. The fourth-order valence-electron chi connectivity index (χ4n) is 3.19. The molecule has 3 aromatic rings. The first-order chi connectivity index (χ1) is 14.8. The molecule has 1 N–H and O–H groups in total. The van der Waals surface area contributed by atoms with E-state index in [1.165, 1.54) is 25.3 Å². The molecule has 1 aromatic heterocycles. The minimum atomic E-state index is -3.05. The number of hydrogen-bond donors (Lipinski definition) is 1. The second-order valence-electron chi connectivity index (χ2n) is 6.68. The zero-order chi connectivity index (χ0) is 22.5. The second kappa shape index (κ2) is 9.38. The van der Waals surface area contributed by atoms with Gasteiger partial charge in [-0.05, 0) is 37.6 Å². The van der Waals surface area contributed by atoms with Crippen LogP contribution in [0.25, 0.3) is 0 Å². The molecule has 0 aliphatic carbocycles. The van der Waals surface area contributed by atoms with Crippen LogP contribution in [0.1, 0.15) is 37.7 Å². The number of rotatable bonds is 7. The predicted octanol–water partition coefficient (Wildman–Crippen LogP) is 4.19. The Kier molecular flexibility index (Phi) is 6.64. The topological polar surface area (TPSA) is 82.5 Å². The quantitative estimate of drug-likeness (QED) is 0.570. The van der Waals surface area contributed by atoms with Gasteiger partial charge in [-0.15, -0.1) is 0 Å². The summed E-state index contributed by atoms with van der Waals surface area (Å²) in [6.07, 6.45) is 0. The molecular formula is C22H21F2N3O4. The number of halogens is 2. The Morgan fingerprint density at radius 3 is 2.39 bits per heavy atom. The third kappa shape index (κ3) is 4.88. The summed E-state index contributed by atoms with van der Waals surface area (Å²) in [4.78, 5) is 24.8. The van der Waals surface area contributed by atoms with Crippen LogP contribution in [0.5, 0.6) is 5.75 Å². The van der Waals surface area contributed by atoms with Crippen LogP contribution in [0.3, 0.4) is 0 Å². The number of carbonyl (C=O) groups is 2. The molecule has 0 saturated carbocycles. The Balaban J connectivity index is 1.87. The molecule has 3 rings (SSSR count). The van der Waals surface area contributed by atoms with Crippen molar-refractivity contribution in [3.8, 4) is 5.75 Å². The van der Waals surface area contributed by atoms with Crippen LogP contribution < -0.4 is 10.1 Å². The fourth-order valence-corrected chi connectivity index (χ4v) is 3.19. The van der Waals surface area contributed by atoms with Gasteiger partial charge in [0.25, 0.3) is 5.91 Å². The van der Waals surface area contributed by atoms with Crippen LogP contribution in [-0.4, -0.2) is 35.4 Å². The fraction of sp³-hybridized carbons (Fsp3) is 0.227. The van der Waals surface area contributed by atoms with Crippen molar-refractivity contribution in [3.05, 3.63) is 76.6 Å². The highest BCUT2D eigenvalue weighted by molar-refractivity contribution is 6.06. The van der Waals surface area contributed by atoms with Crippen molar-refractivity contribution in [3.63, 3.8) is 0 Å². The van der Waals surface area contributed by atoms with E-state index in [-0.39, 0.29) is 17.9 Å². The molecule has 0 aliphatic heterocycles. The van der Waals surface area contributed by atoms with E-state index >= 15 is 0 Å². The summed E-state index contributed by atoms with van der Waals surface area (Å²) >= 11 is 0. The number of esters is 1. The summed E-state index contributed by atoms with van der Waals surface area (Å²) in [6, 6.07) is 12.7. The van der Waals surface area contributed by atoms with Crippen molar-refractivity contribution in [1.82, 2.24) is 9.78 Å². The Labute approximate surface area is 177 Å². The molecule has 0 saturated heterocycles. The van der Waals surface area contributed by atoms with Crippen molar-refractivity contribution in [2.75, 3.05) is 12.4 Å². The number of alkyl halides is 2. The Morgan fingerprint density at radius 2 is 1.71 bits per heavy atom. The normalized spacial score (nSPS) is 10.8. The Bertz CT molecular complexity index is 1110. The monoisotopic (exact) mass is 429 g/mol. The lowest BCUT2D eigenvalue weighted by molar-refractivity contribution is -0.0501. The molecule has 1 amide bonds. The van der Waals surface area contributed by atoms with Crippen molar-refractivity contribution >= 4 is 17.6 Å². The van der Waals surface area contributed by atoms with Crippen LogP contribution in [-0.2, 0) is 11.3 Å². The van der Waals surface area contributed by atoms with Gasteiger partial charge in [-0.3, -0.25) is 9.48 Å². The number of anilines is 1. The molecule has 7 nitrogen and oxygen atoms in total. The summed E-state index contributed by atoms with van der Waals surface area (Å²) in [6.45, 7) is 0.707. The number of nitrogens with one attached hydrogen (secondary N) is 1. The predicted molar refractivity (Wildman–Crippen MR) is 110 cm³/mol. The van der Waals surface area contributed by atoms with E-state index in [0.717, 1.165) is 0 Å². The highest BCUT2D eigenvalue weighted by Crippen LogP contribution is 2.25. The van der Waals surface area contributed by atoms with Gasteiger partial charge in [-0.25, -0.2) is 4.79 Å². The number of nitrogens with zero attached hydrogens (tertiary/aromatic N) is 2. The first-order valence-corrected chi connectivity index (χ1v) is 9.37. The van der Waals surface area contributed by atoms with Gasteiger partial charge in [-0.2, -0.15) is 13.9 Å². The zero-order valence-electron chi connectivity index (χ0n) is 17.2.